The zero-order chi connectivity index (χ0) is 13.1. The van der Waals surface area contributed by atoms with Gasteiger partial charge in [0.25, 0.3) is 0 Å². The van der Waals surface area contributed by atoms with Crippen LogP contribution in [0.15, 0.2) is 0 Å². The summed E-state index contributed by atoms with van der Waals surface area (Å²) in [5.74, 6) is 1.35. The van der Waals surface area contributed by atoms with Crippen LogP contribution in [0.2, 0.25) is 0 Å². The maximum absolute atomic E-state index is 12.1. The van der Waals surface area contributed by atoms with E-state index in [1.165, 1.54) is 19.3 Å². The molecule has 2 aliphatic rings. The smallest absolute Gasteiger partial charge is 0.136 e. The van der Waals surface area contributed by atoms with E-state index >= 15 is 0 Å². The summed E-state index contributed by atoms with van der Waals surface area (Å²) in [5, 5.41) is 0. The minimum atomic E-state index is 0.274. The van der Waals surface area contributed by atoms with E-state index in [-0.39, 0.29) is 11.3 Å². The number of hydrogen-bond donors (Lipinski definition) is 0. The van der Waals surface area contributed by atoms with Crippen LogP contribution < -0.4 is 0 Å². The molecule has 1 heteroatoms. The third-order valence-corrected chi connectivity index (χ3v) is 5.41. The molecule has 0 aromatic rings. The van der Waals surface area contributed by atoms with Crippen LogP contribution in [0, 0.1) is 28.1 Å². The molecule has 0 aromatic carbocycles. The van der Waals surface area contributed by atoms with Gasteiger partial charge in [-0.05, 0) is 41.4 Å². The first-order valence-corrected chi connectivity index (χ1v) is 7.11. The third kappa shape index (κ3) is 2.06. The van der Waals surface area contributed by atoms with Gasteiger partial charge in [-0.3, -0.25) is 4.79 Å². The Hall–Kier alpha value is -0.330. The Morgan fingerprint density at radius 1 is 0.941 bits per heavy atom. The van der Waals surface area contributed by atoms with Crippen molar-refractivity contribution in [2.24, 2.45) is 28.1 Å². The van der Waals surface area contributed by atoms with Gasteiger partial charge in [-0.25, -0.2) is 0 Å². The predicted molar refractivity (Wildman–Crippen MR) is 71.8 cm³/mol. The quantitative estimate of drug-likeness (QED) is 0.607. The van der Waals surface area contributed by atoms with Gasteiger partial charge in [-0.1, -0.05) is 41.5 Å². The number of rotatable bonds is 0. The molecule has 17 heavy (non-hydrogen) atoms. The van der Waals surface area contributed by atoms with Gasteiger partial charge in [0.2, 0.25) is 0 Å². The first-order valence-electron chi connectivity index (χ1n) is 7.11. The standard InChI is InChI=1S/C16H28O/c1-11-7-13(17)12(2)16(11)9-14(3,4)8-15(5,6)10-16/h11-12H,7-10H2,1-6H3/t11-,12-/m0/s1. The van der Waals surface area contributed by atoms with Gasteiger partial charge in [0.15, 0.2) is 0 Å². The van der Waals surface area contributed by atoms with Gasteiger partial charge in [-0.15, -0.1) is 0 Å². The molecule has 0 amide bonds. The molecular weight excluding hydrogens is 208 g/mol. The Morgan fingerprint density at radius 2 is 1.41 bits per heavy atom. The molecule has 0 unspecified atom stereocenters. The number of ketones is 1. The van der Waals surface area contributed by atoms with Gasteiger partial charge >= 0.3 is 0 Å². The maximum atomic E-state index is 12.1. The van der Waals surface area contributed by atoms with Crippen molar-refractivity contribution in [3.8, 4) is 0 Å². The Kier molecular flexibility index (Phi) is 2.76. The molecule has 2 rings (SSSR count). The highest BCUT2D eigenvalue weighted by atomic mass is 16.1. The summed E-state index contributed by atoms with van der Waals surface area (Å²) in [5.41, 5.74) is 1.05. The van der Waals surface area contributed by atoms with Crippen LogP contribution in [0.5, 0.6) is 0 Å². The summed E-state index contributed by atoms with van der Waals surface area (Å²) in [6, 6.07) is 0. The Morgan fingerprint density at radius 3 is 1.76 bits per heavy atom. The van der Waals surface area contributed by atoms with Crippen LogP contribution in [-0.2, 0) is 4.79 Å². The van der Waals surface area contributed by atoms with Crippen LogP contribution >= 0.6 is 0 Å². The lowest BCUT2D eigenvalue weighted by Crippen LogP contribution is -2.46. The fourth-order valence-electron chi connectivity index (χ4n) is 5.35. The molecule has 0 bridgehead atoms. The van der Waals surface area contributed by atoms with Crippen molar-refractivity contribution >= 4 is 5.78 Å². The first kappa shape index (κ1) is 13.1. The van der Waals surface area contributed by atoms with E-state index in [0.717, 1.165) is 6.42 Å². The molecule has 1 nitrogen and oxygen atoms in total. The van der Waals surface area contributed by atoms with Gasteiger partial charge in [-0.2, -0.15) is 0 Å². The monoisotopic (exact) mass is 236 g/mol. The van der Waals surface area contributed by atoms with E-state index in [4.69, 9.17) is 0 Å². The zero-order valence-corrected chi connectivity index (χ0v) is 12.4. The summed E-state index contributed by atoms with van der Waals surface area (Å²) >= 11 is 0. The molecule has 98 valence electrons. The molecule has 2 fully saturated rings. The summed E-state index contributed by atoms with van der Waals surface area (Å²) in [6.45, 7) is 14.0. The van der Waals surface area contributed by atoms with E-state index in [1.807, 2.05) is 0 Å². The summed E-state index contributed by atoms with van der Waals surface area (Å²) in [6.07, 6.45) is 4.57. The molecule has 0 radical (unpaired) electrons. The number of carbonyl (C=O) groups is 1. The van der Waals surface area contributed by atoms with E-state index in [9.17, 15) is 4.79 Å². The van der Waals surface area contributed by atoms with E-state index in [2.05, 4.69) is 41.5 Å². The maximum Gasteiger partial charge on any atom is 0.136 e. The molecule has 0 aliphatic heterocycles. The fourth-order valence-corrected chi connectivity index (χ4v) is 5.35. The van der Waals surface area contributed by atoms with Crippen LogP contribution in [0.25, 0.3) is 0 Å². The molecule has 0 aromatic heterocycles. The Labute approximate surface area is 106 Å². The molecule has 0 heterocycles. The van der Waals surface area contributed by atoms with Gasteiger partial charge in [0.1, 0.15) is 5.78 Å². The molecular formula is C16H28O. The molecule has 2 atom stereocenters. The second-order valence-electron chi connectivity index (χ2n) is 8.39. The van der Waals surface area contributed by atoms with Crippen LogP contribution in [0.1, 0.15) is 67.2 Å². The highest BCUT2D eigenvalue weighted by molar-refractivity contribution is 5.84. The molecule has 0 saturated heterocycles. The number of Topliss-reactive ketones (excluding diaryl/α,β-unsaturated/α-hetero) is 1. The van der Waals surface area contributed by atoms with Crippen molar-refractivity contribution in [3.63, 3.8) is 0 Å². The van der Waals surface area contributed by atoms with Crippen molar-refractivity contribution in [2.75, 3.05) is 0 Å². The summed E-state index contributed by atoms with van der Waals surface area (Å²) < 4.78 is 0. The van der Waals surface area contributed by atoms with Crippen molar-refractivity contribution in [3.05, 3.63) is 0 Å². The van der Waals surface area contributed by atoms with E-state index in [0.29, 0.717) is 22.5 Å². The van der Waals surface area contributed by atoms with Gasteiger partial charge in [0, 0.05) is 12.3 Å². The van der Waals surface area contributed by atoms with Crippen molar-refractivity contribution in [1.82, 2.24) is 0 Å². The Bertz CT molecular complexity index is 321. The van der Waals surface area contributed by atoms with Crippen molar-refractivity contribution in [1.29, 1.82) is 0 Å². The van der Waals surface area contributed by atoms with Crippen LogP contribution in [0.3, 0.4) is 0 Å². The van der Waals surface area contributed by atoms with E-state index < -0.39 is 0 Å². The Balaban J connectivity index is 2.40. The molecule has 2 saturated carbocycles. The average Bonchev–Trinajstić information content (AvgIpc) is 2.26. The second kappa shape index (κ2) is 3.59. The fraction of sp³-hybridized carbons (Fsp3) is 0.938. The molecule has 2 aliphatic carbocycles. The minimum Gasteiger partial charge on any atom is -0.299 e. The lowest BCUT2D eigenvalue weighted by Gasteiger charge is -2.54. The zero-order valence-electron chi connectivity index (χ0n) is 12.4. The lowest BCUT2D eigenvalue weighted by atomic mass is 9.50. The summed E-state index contributed by atoms with van der Waals surface area (Å²) in [7, 11) is 0. The van der Waals surface area contributed by atoms with Gasteiger partial charge < -0.3 is 0 Å². The van der Waals surface area contributed by atoms with E-state index in [1.54, 1.807) is 0 Å². The predicted octanol–water partition coefficient (Wildman–Crippen LogP) is 4.45. The largest absolute Gasteiger partial charge is 0.299 e. The molecule has 1 spiro atoms. The normalized spacial score (nSPS) is 38.6. The van der Waals surface area contributed by atoms with Crippen molar-refractivity contribution in [2.45, 2.75) is 67.2 Å². The highest BCUT2D eigenvalue weighted by Gasteiger charge is 2.57. The van der Waals surface area contributed by atoms with Crippen LogP contribution in [0.4, 0.5) is 0 Å². The van der Waals surface area contributed by atoms with Crippen LogP contribution in [-0.4, -0.2) is 5.78 Å². The number of hydrogen-bond acceptors (Lipinski definition) is 1. The minimum absolute atomic E-state index is 0.274. The highest BCUT2D eigenvalue weighted by Crippen LogP contribution is 2.63. The topological polar surface area (TPSA) is 17.1 Å². The summed E-state index contributed by atoms with van der Waals surface area (Å²) in [4.78, 5) is 12.1. The molecule has 0 N–H and O–H groups in total. The lowest BCUT2D eigenvalue weighted by molar-refractivity contribution is -0.124. The second-order valence-corrected chi connectivity index (χ2v) is 8.39. The third-order valence-electron chi connectivity index (χ3n) is 5.41. The van der Waals surface area contributed by atoms with Gasteiger partial charge in [0.05, 0.1) is 0 Å². The average molecular weight is 236 g/mol. The SMILES string of the molecule is C[C@H]1CC(=O)[C@H](C)C12CC(C)(C)CC(C)(C)C2. The number of carbonyl (C=O) groups excluding carboxylic acids is 1. The van der Waals surface area contributed by atoms with Crippen molar-refractivity contribution < 1.29 is 4.79 Å². The first-order chi connectivity index (χ1) is 7.58.